The van der Waals surface area contributed by atoms with Crippen molar-refractivity contribution in [1.29, 1.82) is 0 Å². The molecule has 0 saturated carbocycles. The van der Waals surface area contributed by atoms with Gasteiger partial charge in [-0.3, -0.25) is 0 Å². The van der Waals surface area contributed by atoms with E-state index in [1.54, 1.807) is 7.11 Å². The van der Waals surface area contributed by atoms with E-state index in [1.807, 2.05) is 24.3 Å². The number of anilines is 1. The summed E-state index contributed by atoms with van der Waals surface area (Å²) in [6, 6.07) is 7.41. The summed E-state index contributed by atoms with van der Waals surface area (Å²) in [5.41, 5.74) is 0.105. The van der Waals surface area contributed by atoms with Crippen molar-refractivity contribution in [3.8, 4) is 5.75 Å². The van der Waals surface area contributed by atoms with Gasteiger partial charge in [-0.25, -0.2) is 4.98 Å². The van der Waals surface area contributed by atoms with Crippen LogP contribution in [-0.4, -0.2) is 16.7 Å². The lowest BCUT2D eigenvalue weighted by molar-refractivity contribution is -0.140. The number of aromatic nitrogens is 2. The topological polar surface area (TPSA) is 39.1 Å². The maximum atomic E-state index is 12.7. The second-order valence-electron chi connectivity index (χ2n) is 4.90. The Morgan fingerprint density at radius 1 is 1.38 bits per heavy atom. The van der Waals surface area contributed by atoms with E-state index in [-0.39, 0.29) is 12.0 Å². The van der Waals surface area contributed by atoms with Crippen molar-refractivity contribution in [2.24, 2.45) is 0 Å². The molecule has 0 aliphatic carbocycles. The predicted octanol–water partition coefficient (Wildman–Crippen LogP) is 3.47. The number of methoxy groups -OCH3 is 1. The van der Waals surface area contributed by atoms with Gasteiger partial charge in [0.15, 0.2) is 5.69 Å². The van der Waals surface area contributed by atoms with Crippen LogP contribution in [0.1, 0.15) is 23.7 Å². The fourth-order valence-electron chi connectivity index (χ4n) is 2.44. The van der Waals surface area contributed by atoms with Crippen molar-refractivity contribution in [2.45, 2.75) is 25.2 Å². The van der Waals surface area contributed by atoms with Crippen LogP contribution < -0.4 is 10.1 Å². The number of halogens is 3. The number of hydrogen-bond acceptors (Lipinski definition) is 3. The number of imidazole rings is 1. The van der Waals surface area contributed by atoms with Gasteiger partial charge in [0.1, 0.15) is 5.75 Å². The average molecular weight is 297 g/mol. The van der Waals surface area contributed by atoms with Crippen molar-refractivity contribution in [1.82, 2.24) is 9.55 Å². The third-order valence-electron chi connectivity index (χ3n) is 3.53. The molecule has 1 aromatic heterocycles. The molecule has 112 valence electrons. The molecule has 1 atom stereocenters. The largest absolute Gasteiger partial charge is 0.497 e. The highest BCUT2D eigenvalue weighted by Crippen LogP contribution is 2.34. The molecule has 0 bridgehead atoms. The Morgan fingerprint density at radius 2 is 2.19 bits per heavy atom. The van der Waals surface area contributed by atoms with Crippen LogP contribution in [0.5, 0.6) is 5.75 Å². The number of nitrogens with zero attached hydrogens (tertiary/aromatic N) is 2. The molecular weight excluding hydrogens is 283 g/mol. The molecule has 0 spiro atoms. The molecule has 1 N–H and O–H groups in total. The Kier molecular flexibility index (Phi) is 3.27. The summed E-state index contributed by atoms with van der Waals surface area (Å²) in [6.45, 7) is 0.493. The smallest absolute Gasteiger partial charge is 0.434 e. The zero-order chi connectivity index (χ0) is 15.0. The summed E-state index contributed by atoms with van der Waals surface area (Å²) in [5, 5.41) is 3.05. The monoisotopic (exact) mass is 297 g/mol. The molecule has 0 amide bonds. The minimum absolute atomic E-state index is 0.0731. The van der Waals surface area contributed by atoms with Gasteiger partial charge in [-0.05, 0) is 24.1 Å². The maximum absolute atomic E-state index is 12.7. The standard InChI is InChI=1S/C14H14F3N3O/c1-21-10-4-2-3-9(7-10)11-5-6-20-8-12(14(15,16)17)19-13(20)18-11/h2-4,7-8,11H,5-6H2,1H3,(H,18,19). The molecule has 2 heterocycles. The van der Waals surface area contributed by atoms with Crippen molar-refractivity contribution in [2.75, 3.05) is 12.4 Å². The SMILES string of the molecule is COc1cccc(C2CCn3cc(C(F)(F)F)nc3N2)c1. The first-order valence-corrected chi connectivity index (χ1v) is 6.52. The van der Waals surface area contributed by atoms with Gasteiger partial charge >= 0.3 is 6.18 Å². The minimum Gasteiger partial charge on any atom is -0.497 e. The zero-order valence-corrected chi connectivity index (χ0v) is 11.3. The molecule has 0 saturated heterocycles. The molecule has 1 aromatic carbocycles. The summed E-state index contributed by atoms with van der Waals surface area (Å²) in [4.78, 5) is 3.64. The molecule has 7 heteroatoms. The Hall–Kier alpha value is -2.18. The van der Waals surface area contributed by atoms with E-state index in [0.717, 1.165) is 17.5 Å². The van der Waals surface area contributed by atoms with E-state index >= 15 is 0 Å². The quantitative estimate of drug-likeness (QED) is 0.922. The highest BCUT2D eigenvalue weighted by molar-refractivity contribution is 5.39. The van der Waals surface area contributed by atoms with Gasteiger partial charge in [0.2, 0.25) is 5.95 Å². The molecule has 2 aromatic rings. The van der Waals surface area contributed by atoms with Crippen LogP contribution in [0.4, 0.5) is 19.1 Å². The summed E-state index contributed by atoms with van der Waals surface area (Å²) >= 11 is 0. The fourth-order valence-corrected chi connectivity index (χ4v) is 2.44. The van der Waals surface area contributed by atoms with E-state index in [4.69, 9.17) is 4.74 Å². The lowest BCUT2D eigenvalue weighted by Gasteiger charge is -2.26. The van der Waals surface area contributed by atoms with Crippen molar-refractivity contribution in [3.63, 3.8) is 0 Å². The van der Waals surface area contributed by atoms with Crippen LogP contribution >= 0.6 is 0 Å². The van der Waals surface area contributed by atoms with E-state index in [1.165, 1.54) is 4.57 Å². The van der Waals surface area contributed by atoms with Crippen LogP contribution in [0, 0.1) is 0 Å². The molecule has 3 rings (SSSR count). The third kappa shape index (κ3) is 2.68. The van der Waals surface area contributed by atoms with Gasteiger partial charge in [0.05, 0.1) is 13.2 Å². The van der Waals surface area contributed by atoms with Crippen LogP contribution in [0.15, 0.2) is 30.5 Å². The normalized spacial score (nSPS) is 18.0. The van der Waals surface area contributed by atoms with Gasteiger partial charge in [-0.1, -0.05) is 12.1 Å². The average Bonchev–Trinajstić information content (AvgIpc) is 2.90. The van der Waals surface area contributed by atoms with Crippen LogP contribution in [0.25, 0.3) is 0 Å². The molecule has 21 heavy (non-hydrogen) atoms. The number of alkyl halides is 3. The van der Waals surface area contributed by atoms with Gasteiger partial charge in [0, 0.05) is 12.7 Å². The Morgan fingerprint density at radius 3 is 2.90 bits per heavy atom. The van der Waals surface area contributed by atoms with E-state index in [2.05, 4.69) is 10.3 Å². The molecule has 1 aliphatic rings. The van der Waals surface area contributed by atoms with E-state index < -0.39 is 11.9 Å². The maximum Gasteiger partial charge on any atom is 0.434 e. The molecule has 0 radical (unpaired) electrons. The zero-order valence-electron chi connectivity index (χ0n) is 11.3. The van der Waals surface area contributed by atoms with Crippen LogP contribution in [0.2, 0.25) is 0 Å². The number of fused-ring (bicyclic) bond motifs is 1. The first kappa shape index (κ1) is 13.8. The number of nitrogens with one attached hydrogen (secondary N) is 1. The van der Waals surface area contributed by atoms with Crippen molar-refractivity contribution < 1.29 is 17.9 Å². The Labute approximate surface area is 119 Å². The van der Waals surface area contributed by atoms with Gasteiger partial charge in [0.25, 0.3) is 0 Å². The first-order chi connectivity index (χ1) is 9.97. The minimum atomic E-state index is -4.42. The fraction of sp³-hybridized carbons (Fsp3) is 0.357. The Bertz CT molecular complexity index is 651. The molecule has 0 fully saturated rings. The second kappa shape index (κ2) is 4.98. The number of hydrogen-bond donors (Lipinski definition) is 1. The van der Waals surface area contributed by atoms with Crippen molar-refractivity contribution >= 4 is 5.95 Å². The summed E-state index contributed by atoms with van der Waals surface area (Å²) < 4.78 is 44.7. The van der Waals surface area contributed by atoms with Crippen LogP contribution in [0.3, 0.4) is 0 Å². The van der Waals surface area contributed by atoms with Gasteiger partial charge in [-0.15, -0.1) is 0 Å². The second-order valence-corrected chi connectivity index (χ2v) is 4.90. The number of benzene rings is 1. The van der Waals surface area contributed by atoms with Crippen LogP contribution in [-0.2, 0) is 12.7 Å². The lowest BCUT2D eigenvalue weighted by atomic mass is 10.0. The molecule has 1 unspecified atom stereocenters. The Balaban J connectivity index is 1.85. The first-order valence-electron chi connectivity index (χ1n) is 6.52. The van der Waals surface area contributed by atoms with E-state index in [9.17, 15) is 13.2 Å². The molecule has 4 nitrogen and oxygen atoms in total. The predicted molar refractivity (Wildman–Crippen MR) is 71.2 cm³/mol. The third-order valence-corrected chi connectivity index (χ3v) is 3.53. The molecular formula is C14H14F3N3O. The highest BCUT2D eigenvalue weighted by atomic mass is 19.4. The number of ether oxygens (including phenoxy) is 1. The molecule has 1 aliphatic heterocycles. The van der Waals surface area contributed by atoms with E-state index in [0.29, 0.717) is 13.0 Å². The number of aryl methyl sites for hydroxylation is 1. The lowest BCUT2D eigenvalue weighted by Crippen LogP contribution is -2.21. The summed E-state index contributed by atoms with van der Waals surface area (Å²) in [5.74, 6) is 0.973. The summed E-state index contributed by atoms with van der Waals surface area (Å²) in [7, 11) is 1.58. The van der Waals surface area contributed by atoms with Crippen molar-refractivity contribution in [3.05, 3.63) is 41.7 Å². The van der Waals surface area contributed by atoms with Gasteiger partial charge < -0.3 is 14.6 Å². The summed E-state index contributed by atoms with van der Waals surface area (Å²) in [6.07, 6.45) is -2.69. The number of rotatable bonds is 2. The highest BCUT2D eigenvalue weighted by Gasteiger charge is 2.36. The van der Waals surface area contributed by atoms with Gasteiger partial charge in [-0.2, -0.15) is 13.2 Å².